The first-order valence-corrected chi connectivity index (χ1v) is 5.99. The second-order valence-electron chi connectivity index (χ2n) is 3.53. The van der Waals surface area contributed by atoms with Crippen LogP contribution in [0.2, 0.25) is 0 Å². The van der Waals surface area contributed by atoms with Crippen molar-refractivity contribution < 1.29 is 9.72 Å². The molecule has 1 unspecified atom stereocenters. The Morgan fingerprint density at radius 3 is 2.56 bits per heavy atom. The highest BCUT2D eigenvalue weighted by Gasteiger charge is 2.19. The summed E-state index contributed by atoms with van der Waals surface area (Å²) in [7, 11) is 0. The van der Waals surface area contributed by atoms with Crippen LogP contribution < -0.4 is 0 Å². The van der Waals surface area contributed by atoms with Crippen molar-refractivity contribution in [3.63, 3.8) is 0 Å². The van der Waals surface area contributed by atoms with Gasteiger partial charge in [0.2, 0.25) is 0 Å². The van der Waals surface area contributed by atoms with E-state index in [2.05, 4.69) is 0 Å². The zero-order valence-corrected chi connectivity index (χ0v) is 11.2. The minimum Gasteiger partial charge on any atom is -0.299 e. The molecule has 0 spiro atoms. The Morgan fingerprint density at radius 1 is 1.56 bits per heavy atom. The van der Waals surface area contributed by atoms with Gasteiger partial charge in [-0.1, -0.05) is 13.0 Å². The van der Waals surface area contributed by atoms with Crippen LogP contribution in [-0.4, -0.2) is 10.7 Å². The number of nitrogens with zero attached hydrogens (tertiary/aromatic N) is 1. The summed E-state index contributed by atoms with van der Waals surface area (Å²) in [5, 5.41) is 10.6. The van der Waals surface area contributed by atoms with Gasteiger partial charge in [-0.05, 0) is 41.5 Å². The smallest absolute Gasteiger partial charge is 0.270 e. The molecule has 1 aromatic carbocycles. The molecule has 16 heavy (non-hydrogen) atoms. The van der Waals surface area contributed by atoms with Crippen LogP contribution in [0.4, 0.5) is 5.69 Å². The number of Topliss-reactive ketones (excluding diaryl/α,β-unsaturated/α-hetero) is 1. The maximum atomic E-state index is 11.4. The Kier molecular flexibility index (Phi) is 4.40. The van der Waals surface area contributed by atoms with Gasteiger partial charge in [-0.2, -0.15) is 0 Å². The summed E-state index contributed by atoms with van der Waals surface area (Å²) in [5.74, 6) is -0.0676. The van der Waals surface area contributed by atoms with E-state index in [9.17, 15) is 14.9 Å². The number of hydrogen-bond donors (Lipinski definition) is 0. The van der Waals surface area contributed by atoms with Crippen molar-refractivity contribution >= 4 is 34.1 Å². The number of nitro benzene ring substituents is 1. The predicted molar refractivity (Wildman–Crippen MR) is 69.5 cm³/mol. The Morgan fingerprint density at radius 2 is 2.19 bits per heavy atom. The number of benzene rings is 1. The summed E-state index contributed by atoms with van der Waals surface area (Å²) in [6.07, 6.45) is 0.711. The summed E-state index contributed by atoms with van der Waals surface area (Å²) in [5.41, 5.74) is 0.938. The maximum Gasteiger partial charge on any atom is 0.270 e. The van der Waals surface area contributed by atoms with Gasteiger partial charge in [-0.3, -0.25) is 14.9 Å². The third-order valence-electron chi connectivity index (χ3n) is 2.47. The normalized spacial score (nSPS) is 12.2. The number of non-ortho nitro benzene ring substituents is 1. The molecule has 5 heteroatoms. The van der Waals surface area contributed by atoms with Crippen LogP contribution in [0.5, 0.6) is 0 Å². The molecule has 0 aliphatic heterocycles. The van der Waals surface area contributed by atoms with Crippen molar-refractivity contribution in [2.24, 2.45) is 0 Å². The fourth-order valence-corrected chi connectivity index (χ4v) is 2.51. The van der Waals surface area contributed by atoms with Crippen molar-refractivity contribution in [3.8, 4) is 0 Å². The topological polar surface area (TPSA) is 60.2 Å². The lowest BCUT2D eigenvalue weighted by molar-refractivity contribution is -0.385. The van der Waals surface area contributed by atoms with Gasteiger partial charge < -0.3 is 0 Å². The Balaban J connectivity index is 3.16. The van der Waals surface area contributed by atoms with E-state index >= 15 is 0 Å². The van der Waals surface area contributed by atoms with Crippen LogP contribution in [0.25, 0.3) is 0 Å². The van der Waals surface area contributed by atoms with Gasteiger partial charge in [-0.15, -0.1) is 0 Å². The monoisotopic (exact) mass is 333 g/mol. The summed E-state index contributed by atoms with van der Waals surface area (Å²) < 4.78 is 0.772. The molecular weight excluding hydrogens is 321 g/mol. The molecule has 0 radical (unpaired) electrons. The van der Waals surface area contributed by atoms with Gasteiger partial charge >= 0.3 is 0 Å². The summed E-state index contributed by atoms with van der Waals surface area (Å²) in [6, 6.07) is 4.63. The summed E-state index contributed by atoms with van der Waals surface area (Å²) in [6.45, 7) is 3.48. The van der Waals surface area contributed by atoms with Gasteiger partial charge in [0.25, 0.3) is 5.69 Å². The fourth-order valence-electron chi connectivity index (χ4n) is 1.64. The lowest BCUT2D eigenvalue weighted by atomic mass is 9.93. The fraction of sp³-hybridized carbons (Fsp3) is 0.364. The van der Waals surface area contributed by atoms with Gasteiger partial charge in [0.1, 0.15) is 5.78 Å². The number of halogens is 1. The minimum atomic E-state index is -0.430. The highest BCUT2D eigenvalue weighted by molar-refractivity contribution is 14.1. The van der Waals surface area contributed by atoms with E-state index in [1.54, 1.807) is 13.0 Å². The maximum absolute atomic E-state index is 11.4. The third-order valence-corrected chi connectivity index (χ3v) is 3.40. The highest BCUT2D eigenvalue weighted by Crippen LogP contribution is 2.28. The van der Waals surface area contributed by atoms with Gasteiger partial charge in [0, 0.05) is 21.6 Å². The zero-order valence-electron chi connectivity index (χ0n) is 9.07. The molecule has 1 atom stereocenters. The SMILES string of the molecule is CCC(C(C)=O)c1ccc([N+](=O)[O-])cc1I. The Labute approximate surface area is 107 Å². The number of hydrogen-bond acceptors (Lipinski definition) is 3. The first-order valence-electron chi connectivity index (χ1n) is 4.91. The molecule has 0 aliphatic carbocycles. The average Bonchev–Trinajstić information content (AvgIpc) is 2.20. The molecule has 0 amide bonds. The molecule has 0 fully saturated rings. The lowest BCUT2D eigenvalue weighted by Crippen LogP contribution is -2.09. The van der Waals surface area contributed by atoms with E-state index in [4.69, 9.17) is 0 Å². The standard InChI is InChI=1S/C11H12INO3/c1-3-9(7(2)14)10-5-4-8(13(15)16)6-11(10)12/h4-6,9H,3H2,1-2H3. The quantitative estimate of drug-likeness (QED) is 0.483. The first-order chi connectivity index (χ1) is 7.47. The number of rotatable bonds is 4. The predicted octanol–water partition coefficient (Wildman–Crippen LogP) is 3.28. The van der Waals surface area contributed by atoms with Gasteiger partial charge in [0.05, 0.1) is 4.92 Å². The van der Waals surface area contributed by atoms with Crippen molar-refractivity contribution in [2.45, 2.75) is 26.2 Å². The van der Waals surface area contributed by atoms with Crippen molar-refractivity contribution in [1.29, 1.82) is 0 Å². The molecule has 0 heterocycles. The van der Waals surface area contributed by atoms with E-state index in [0.717, 1.165) is 9.13 Å². The van der Waals surface area contributed by atoms with E-state index in [1.165, 1.54) is 12.1 Å². The number of carbonyl (C=O) groups is 1. The summed E-state index contributed by atoms with van der Waals surface area (Å²) >= 11 is 2.03. The number of ketones is 1. The minimum absolute atomic E-state index is 0.0616. The van der Waals surface area contributed by atoms with Crippen molar-refractivity contribution in [1.82, 2.24) is 0 Å². The molecule has 4 nitrogen and oxygen atoms in total. The highest BCUT2D eigenvalue weighted by atomic mass is 127. The summed E-state index contributed by atoms with van der Waals surface area (Å²) in [4.78, 5) is 21.6. The van der Waals surface area contributed by atoms with Crippen LogP contribution in [0, 0.1) is 13.7 Å². The second-order valence-corrected chi connectivity index (χ2v) is 4.70. The lowest BCUT2D eigenvalue weighted by Gasteiger charge is -2.13. The molecule has 0 bridgehead atoms. The third kappa shape index (κ3) is 2.78. The molecule has 0 saturated heterocycles. The Hall–Kier alpha value is -0.980. The number of nitro groups is 1. The van der Waals surface area contributed by atoms with Crippen LogP contribution in [0.1, 0.15) is 31.7 Å². The largest absolute Gasteiger partial charge is 0.299 e. The zero-order chi connectivity index (χ0) is 12.3. The molecule has 0 saturated carbocycles. The second kappa shape index (κ2) is 5.38. The molecule has 0 N–H and O–H groups in total. The molecule has 86 valence electrons. The molecule has 1 rings (SSSR count). The van der Waals surface area contributed by atoms with E-state index < -0.39 is 4.92 Å². The average molecular weight is 333 g/mol. The van der Waals surface area contributed by atoms with E-state index in [1.807, 2.05) is 29.5 Å². The molecule has 0 aliphatic rings. The van der Waals surface area contributed by atoms with Crippen LogP contribution in [-0.2, 0) is 4.79 Å². The van der Waals surface area contributed by atoms with Crippen LogP contribution in [0.15, 0.2) is 18.2 Å². The van der Waals surface area contributed by atoms with E-state index in [-0.39, 0.29) is 17.4 Å². The molecular formula is C11H12INO3. The molecule has 0 aromatic heterocycles. The van der Waals surface area contributed by atoms with Gasteiger partial charge in [0.15, 0.2) is 0 Å². The molecule has 1 aromatic rings. The van der Waals surface area contributed by atoms with Crippen molar-refractivity contribution in [2.75, 3.05) is 0 Å². The van der Waals surface area contributed by atoms with Crippen LogP contribution >= 0.6 is 22.6 Å². The van der Waals surface area contributed by atoms with E-state index in [0.29, 0.717) is 6.42 Å². The van der Waals surface area contributed by atoms with Gasteiger partial charge in [-0.25, -0.2) is 0 Å². The van der Waals surface area contributed by atoms with Crippen LogP contribution in [0.3, 0.4) is 0 Å². The van der Waals surface area contributed by atoms with Crippen molar-refractivity contribution in [3.05, 3.63) is 37.4 Å². The first kappa shape index (κ1) is 13.1. The number of carbonyl (C=O) groups excluding carboxylic acids is 1. The Bertz CT molecular complexity index is 431.